The maximum absolute atomic E-state index is 14.4. The molecule has 8 heteroatoms. The molecule has 3 rings (SSSR count). The molecule has 0 aliphatic heterocycles. The molecule has 1 amide bonds. The number of nitrogens with zero attached hydrogens (tertiary/aromatic N) is 1. The van der Waals surface area contributed by atoms with Crippen LogP contribution in [0.1, 0.15) is 36.7 Å². The van der Waals surface area contributed by atoms with Crippen molar-refractivity contribution in [3.8, 4) is 11.1 Å². The molecule has 0 saturated carbocycles. The Labute approximate surface area is 195 Å². The molecule has 0 spiro atoms. The van der Waals surface area contributed by atoms with Crippen LogP contribution in [0.5, 0.6) is 0 Å². The lowest BCUT2D eigenvalue weighted by Crippen LogP contribution is -2.39. The second kappa shape index (κ2) is 10.1. The summed E-state index contributed by atoms with van der Waals surface area (Å²) in [6.07, 6.45) is 0. The van der Waals surface area contributed by atoms with Crippen molar-refractivity contribution in [1.82, 2.24) is 0 Å². The number of halogens is 3. The first kappa shape index (κ1) is 25.0. The Morgan fingerprint density at radius 1 is 0.941 bits per heavy atom. The van der Waals surface area contributed by atoms with Gasteiger partial charge in [0.05, 0.1) is 6.61 Å². The summed E-state index contributed by atoms with van der Waals surface area (Å²) in [5, 5.41) is 9.67. The lowest BCUT2D eigenvalue weighted by molar-refractivity contribution is -0.152. The maximum Gasteiger partial charge on any atom is 0.326 e. The lowest BCUT2D eigenvalue weighted by Gasteiger charge is -2.26. The minimum atomic E-state index is -1.39. The predicted octanol–water partition coefficient (Wildman–Crippen LogP) is 5.25. The highest BCUT2D eigenvalue weighted by Crippen LogP contribution is 2.29. The fraction of sp³-hybridized carbons (Fsp3) is 0.231. The summed E-state index contributed by atoms with van der Waals surface area (Å²) in [4.78, 5) is 26.7. The molecule has 3 aromatic rings. The van der Waals surface area contributed by atoms with Crippen molar-refractivity contribution in [2.24, 2.45) is 0 Å². The van der Waals surface area contributed by atoms with E-state index in [2.05, 4.69) is 0 Å². The van der Waals surface area contributed by atoms with Crippen LogP contribution in [0.15, 0.2) is 60.7 Å². The first-order valence-electron chi connectivity index (χ1n) is 10.5. The van der Waals surface area contributed by atoms with Gasteiger partial charge in [-0.25, -0.2) is 13.2 Å². The Hall–Kier alpha value is -3.65. The molecule has 0 unspecified atom stereocenters. The van der Waals surface area contributed by atoms with E-state index in [1.54, 1.807) is 63.2 Å². The first-order chi connectivity index (χ1) is 16.0. The minimum absolute atomic E-state index is 0.157. The van der Waals surface area contributed by atoms with Gasteiger partial charge in [0.25, 0.3) is 5.91 Å². The van der Waals surface area contributed by atoms with E-state index in [0.717, 1.165) is 4.90 Å². The number of rotatable bonds is 6. The zero-order valence-corrected chi connectivity index (χ0v) is 18.9. The van der Waals surface area contributed by atoms with Crippen LogP contribution in [-0.4, -0.2) is 29.1 Å². The Morgan fingerprint density at radius 2 is 1.59 bits per heavy atom. The number of carbonyl (C=O) groups excluding carboxylic acids is 2. The number of amides is 1. The number of carbonyl (C=O) groups is 2. The highest BCUT2D eigenvalue weighted by Gasteiger charge is 2.29. The highest BCUT2D eigenvalue weighted by atomic mass is 19.1. The van der Waals surface area contributed by atoms with E-state index in [1.165, 1.54) is 6.07 Å². The second-order valence-corrected chi connectivity index (χ2v) is 8.59. The van der Waals surface area contributed by atoms with E-state index >= 15 is 0 Å². The van der Waals surface area contributed by atoms with Crippen molar-refractivity contribution >= 4 is 17.6 Å². The molecule has 0 aliphatic rings. The molecular formula is C26H24F3NO4. The molecule has 0 atom stereocenters. The quantitative estimate of drug-likeness (QED) is 0.499. The van der Waals surface area contributed by atoms with Crippen molar-refractivity contribution in [3.05, 3.63) is 89.2 Å². The molecule has 0 heterocycles. The summed E-state index contributed by atoms with van der Waals surface area (Å²) in [7, 11) is 0. The lowest BCUT2D eigenvalue weighted by atomic mass is 9.99. The summed E-state index contributed by atoms with van der Waals surface area (Å²) in [6.45, 7) is 4.05. The molecule has 178 valence electrons. The molecule has 3 aromatic carbocycles. The Kier molecular flexibility index (Phi) is 7.41. The number of benzene rings is 3. The van der Waals surface area contributed by atoms with Gasteiger partial charge in [-0.2, -0.15) is 0 Å². The summed E-state index contributed by atoms with van der Waals surface area (Å²) in [5.41, 5.74) is 0.204. The van der Waals surface area contributed by atoms with Gasteiger partial charge in [-0.05, 0) is 49.6 Å². The van der Waals surface area contributed by atoms with Gasteiger partial charge in [-0.1, -0.05) is 36.4 Å². The number of esters is 1. The first-order valence-corrected chi connectivity index (χ1v) is 10.5. The van der Waals surface area contributed by atoms with Crippen LogP contribution >= 0.6 is 0 Å². The fourth-order valence-corrected chi connectivity index (χ4v) is 3.45. The molecule has 0 radical (unpaired) electrons. The zero-order valence-electron chi connectivity index (χ0n) is 18.9. The van der Waals surface area contributed by atoms with E-state index in [0.29, 0.717) is 28.8 Å². The summed E-state index contributed by atoms with van der Waals surface area (Å²) in [5.74, 6) is -5.93. The molecule has 0 aromatic heterocycles. The van der Waals surface area contributed by atoms with E-state index in [4.69, 9.17) is 4.74 Å². The van der Waals surface area contributed by atoms with Crippen molar-refractivity contribution in [3.63, 3.8) is 0 Å². The van der Waals surface area contributed by atoms with E-state index in [-0.39, 0.29) is 12.3 Å². The smallest absolute Gasteiger partial charge is 0.326 e. The SMILES string of the molecule is CC(C)(C)OC(=O)CN(C(=O)c1c(F)cc(F)cc1F)c1cccc(-c2ccccc2CO)c1. The standard InChI is InChI=1S/C26H24F3NO4/c1-26(2,3)34-23(32)14-30(25(33)24-21(28)12-18(27)13-22(24)29)19-9-6-8-16(11-19)20-10-5-4-7-17(20)15-31/h4-13,31H,14-15H2,1-3H3. The highest BCUT2D eigenvalue weighted by molar-refractivity contribution is 6.09. The largest absolute Gasteiger partial charge is 0.459 e. The Bertz CT molecular complexity index is 1200. The third-order valence-corrected chi connectivity index (χ3v) is 4.83. The van der Waals surface area contributed by atoms with Gasteiger partial charge in [0.2, 0.25) is 0 Å². The Balaban J connectivity index is 2.09. The van der Waals surface area contributed by atoms with Gasteiger partial charge < -0.3 is 9.84 Å². The van der Waals surface area contributed by atoms with Gasteiger partial charge in [0.1, 0.15) is 35.2 Å². The van der Waals surface area contributed by atoms with Crippen molar-refractivity contribution in [2.45, 2.75) is 33.0 Å². The van der Waals surface area contributed by atoms with Gasteiger partial charge >= 0.3 is 5.97 Å². The van der Waals surface area contributed by atoms with Crippen molar-refractivity contribution in [1.29, 1.82) is 0 Å². The molecule has 0 aliphatic carbocycles. The molecule has 1 N–H and O–H groups in total. The monoisotopic (exact) mass is 471 g/mol. The number of anilines is 1. The number of aliphatic hydroxyl groups excluding tert-OH is 1. The van der Waals surface area contributed by atoms with Crippen LogP contribution in [0.4, 0.5) is 18.9 Å². The topological polar surface area (TPSA) is 66.8 Å². The molecule has 0 fully saturated rings. The van der Waals surface area contributed by atoms with Gasteiger partial charge in [-0.15, -0.1) is 0 Å². The van der Waals surface area contributed by atoms with Crippen molar-refractivity contribution in [2.75, 3.05) is 11.4 Å². The molecule has 5 nitrogen and oxygen atoms in total. The second-order valence-electron chi connectivity index (χ2n) is 8.59. The minimum Gasteiger partial charge on any atom is -0.459 e. The third-order valence-electron chi connectivity index (χ3n) is 4.83. The van der Waals surface area contributed by atoms with Crippen LogP contribution in [-0.2, 0) is 16.1 Å². The maximum atomic E-state index is 14.4. The summed E-state index contributed by atoms with van der Waals surface area (Å²) >= 11 is 0. The van der Waals surface area contributed by atoms with Crippen LogP contribution in [0.3, 0.4) is 0 Å². The number of ether oxygens (including phenoxy) is 1. The Morgan fingerprint density at radius 3 is 2.21 bits per heavy atom. The van der Waals surface area contributed by atoms with E-state index in [9.17, 15) is 27.9 Å². The third kappa shape index (κ3) is 5.82. The molecule has 0 saturated heterocycles. The van der Waals surface area contributed by atoms with Crippen LogP contribution < -0.4 is 4.90 Å². The average Bonchev–Trinajstić information content (AvgIpc) is 2.75. The average molecular weight is 471 g/mol. The fourth-order valence-electron chi connectivity index (χ4n) is 3.45. The number of hydrogen-bond donors (Lipinski definition) is 1. The van der Waals surface area contributed by atoms with Crippen LogP contribution in [0, 0.1) is 17.5 Å². The molecule has 34 heavy (non-hydrogen) atoms. The normalized spacial score (nSPS) is 11.3. The van der Waals surface area contributed by atoms with E-state index < -0.39 is 47.0 Å². The van der Waals surface area contributed by atoms with Gasteiger partial charge in [0, 0.05) is 17.8 Å². The van der Waals surface area contributed by atoms with Crippen LogP contribution in [0.25, 0.3) is 11.1 Å². The summed E-state index contributed by atoms with van der Waals surface area (Å²) < 4.78 is 47.5. The van der Waals surface area contributed by atoms with E-state index in [1.807, 2.05) is 0 Å². The predicted molar refractivity (Wildman–Crippen MR) is 122 cm³/mol. The van der Waals surface area contributed by atoms with Gasteiger partial charge in [-0.3, -0.25) is 14.5 Å². The molecular weight excluding hydrogens is 447 g/mol. The van der Waals surface area contributed by atoms with Crippen molar-refractivity contribution < 1.29 is 32.6 Å². The zero-order chi connectivity index (χ0) is 25.0. The van der Waals surface area contributed by atoms with Gasteiger partial charge in [0.15, 0.2) is 0 Å². The molecule has 0 bridgehead atoms. The number of aliphatic hydroxyl groups is 1. The number of hydrogen-bond acceptors (Lipinski definition) is 4. The summed E-state index contributed by atoms with van der Waals surface area (Å²) in [6, 6.07) is 14.2. The van der Waals surface area contributed by atoms with Crippen LogP contribution in [0.2, 0.25) is 0 Å².